The smallest absolute Gasteiger partial charge is 0.416 e. The average molecular weight is 457 g/mol. The zero-order valence-electron chi connectivity index (χ0n) is 16.9. The van der Waals surface area contributed by atoms with Crippen LogP contribution in [0.15, 0.2) is 60.7 Å². The van der Waals surface area contributed by atoms with Gasteiger partial charge in [0.25, 0.3) is 0 Å². The van der Waals surface area contributed by atoms with Crippen LogP contribution in [0.3, 0.4) is 0 Å². The van der Waals surface area contributed by atoms with E-state index in [1.165, 1.54) is 23.5 Å². The topological polar surface area (TPSA) is 59.4 Å². The fourth-order valence-corrected chi connectivity index (χ4v) is 4.31. The lowest BCUT2D eigenvalue weighted by Crippen LogP contribution is -2.04. The number of aliphatic carboxylic acids is 1. The fraction of sp³-hybridized carbons (Fsp3) is 0.167. The number of nitrogens with zero attached hydrogens (tertiary/aromatic N) is 1. The Bertz CT molecular complexity index is 1280. The quantitative estimate of drug-likeness (QED) is 0.359. The van der Waals surface area contributed by atoms with Crippen molar-refractivity contribution in [3.63, 3.8) is 0 Å². The first kappa shape index (κ1) is 21.8. The third kappa shape index (κ3) is 4.75. The van der Waals surface area contributed by atoms with E-state index >= 15 is 0 Å². The van der Waals surface area contributed by atoms with Crippen LogP contribution in [0.5, 0.6) is 5.75 Å². The lowest BCUT2D eigenvalue weighted by molar-refractivity contribution is -0.138. The molecule has 0 unspecified atom stereocenters. The number of alkyl halides is 3. The third-order valence-corrected chi connectivity index (χ3v) is 6.16. The lowest BCUT2D eigenvalue weighted by Gasteiger charge is -2.12. The maximum absolute atomic E-state index is 12.8. The number of halogens is 3. The van der Waals surface area contributed by atoms with Crippen molar-refractivity contribution in [1.29, 1.82) is 0 Å². The van der Waals surface area contributed by atoms with Gasteiger partial charge in [0, 0.05) is 11.1 Å². The number of rotatable bonds is 6. The number of benzene rings is 3. The van der Waals surface area contributed by atoms with Gasteiger partial charge in [-0.1, -0.05) is 36.4 Å². The molecule has 0 aliphatic heterocycles. The molecule has 1 heterocycles. The van der Waals surface area contributed by atoms with Crippen LogP contribution in [-0.4, -0.2) is 16.1 Å². The second-order valence-corrected chi connectivity index (χ2v) is 8.35. The fourth-order valence-electron chi connectivity index (χ4n) is 3.33. The number of aromatic nitrogens is 1. The average Bonchev–Trinajstić information content (AvgIpc) is 3.12. The third-order valence-electron chi connectivity index (χ3n) is 4.98. The van der Waals surface area contributed by atoms with E-state index in [9.17, 15) is 23.1 Å². The van der Waals surface area contributed by atoms with Gasteiger partial charge in [-0.15, -0.1) is 11.3 Å². The van der Waals surface area contributed by atoms with Crippen LogP contribution in [-0.2, 0) is 24.0 Å². The summed E-state index contributed by atoms with van der Waals surface area (Å²) >= 11 is 1.33. The van der Waals surface area contributed by atoms with E-state index in [4.69, 9.17) is 4.74 Å². The van der Waals surface area contributed by atoms with E-state index in [-0.39, 0.29) is 13.0 Å². The maximum Gasteiger partial charge on any atom is 0.416 e. The van der Waals surface area contributed by atoms with Gasteiger partial charge in [0.2, 0.25) is 0 Å². The Kier molecular flexibility index (Phi) is 5.88. The van der Waals surface area contributed by atoms with Crippen molar-refractivity contribution in [1.82, 2.24) is 4.98 Å². The SMILES string of the molecule is Cc1nc(-c2ccc(C(F)(F)F)cc2)sc1COc1cc2ccccc2cc1CC(=O)O. The summed E-state index contributed by atoms with van der Waals surface area (Å²) < 4.78 is 44.4. The molecule has 0 radical (unpaired) electrons. The van der Waals surface area contributed by atoms with Crippen LogP contribution < -0.4 is 4.74 Å². The van der Waals surface area contributed by atoms with E-state index in [1.807, 2.05) is 36.4 Å². The van der Waals surface area contributed by atoms with E-state index in [1.54, 1.807) is 6.92 Å². The second kappa shape index (κ2) is 8.63. The molecule has 4 aromatic rings. The molecule has 0 aliphatic rings. The molecular weight excluding hydrogens is 439 g/mol. The van der Waals surface area contributed by atoms with Gasteiger partial charge in [-0.3, -0.25) is 4.79 Å². The van der Waals surface area contributed by atoms with Gasteiger partial charge in [-0.2, -0.15) is 13.2 Å². The largest absolute Gasteiger partial charge is 0.488 e. The van der Waals surface area contributed by atoms with E-state index in [0.717, 1.165) is 27.8 Å². The van der Waals surface area contributed by atoms with Crippen molar-refractivity contribution in [3.8, 4) is 16.3 Å². The normalized spacial score (nSPS) is 11.6. The second-order valence-electron chi connectivity index (χ2n) is 7.27. The molecule has 8 heteroatoms. The van der Waals surface area contributed by atoms with E-state index < -0.39 is 17.7 Å². The number of thiazole rings is 1. The molecule has 0 fully saturated rings. The molecule has 0 saturated carbocycles. The predicted octanol–water partition coefficient (Wildman–Crippen LogP) is 6.50. The highest BCUT2D eigenvalue weighted by atomic mass is 32.1. The van der Waals surface area contributed by atoms with Crippen LogP contribution >= 0.6 is 11.3 Å². The number of aryl methyl sites for hydroxylation is 1. The number of carboxylic acid groups (broad SMARTS) is 1. The van der Waals surface area contributed by atoms with Gasteiger partial charge in [-0.05, 0) is 42.0 Å². The maximum atomic E-state index is 12.8. The van der Waals surface area contributed by atoms with Gasteiger partial charge in [0.1, 0.15) is 17.4 Å². The van der Waals surface area contributed by atoms with Gasteiger partial charge in [-0.25, -0.2) is 4.98 Å². The van der Waals surface area contributed by atoms with Gasteiger partial charge < -0.3 is 9.84 Å². The van der Waals surface area contributed by atoms with Crippen molar-refractivity contribution >= 4 is 28.1 Å². The van der Waals surface area contributed by atoms with Gasteiger partial charge in [0.05, 0.1) is 22.6 Å². The van der Waals surface area contributed by atoms with Gasteiger partial charge >= 0.3 is 12.1 Å². The highest BCUT2D eigenvalue weighted by Gasteiger charge is 2.30. The summed E-state index contributed by atoms with van der Waals surface area (Å²) in [5.41, 5.74) is 1.17. The van der Waals surface area contributed by atoms with Crippen molar-refractivity contribution in [3.05, 3.63) is 82.4 Å². The van der Waals surface area contributed by atoms with Crippen LogP contribution in [0.2, 0.25) is 0 Å². The molecule has 0 atom stereocenters. The van der Waals surface area contributed by atoms with Crippen LogP contribution in [0.1, 0.15) is 21.7 Å². The molecule has 4 rings (SSSR count). The molecule has 0 bridgehead atoms. The first-order valence-corrected chi connectivity index (χ1v) is 10.5. The number of fused-ring (bicyclic) bond motifs is 1. The summed E-state index contributed by atoms with van der Waals surface area (Å²) in [5, 5.41) is 11.7. The molecule has 164 valence electrons. The molecule has 0 aliphatic carbocycles. The van der Waals surface area contributed by atoms with Crippen molar-refractivity contribution < 1.29 is 27.8 Å². The number of ether oxygens (including phenoxy) is 1. The molecular formula is C24H18F3NO3S. The van der Waals surface area contributed by atoms with Gasteiger partial charge in [0.15, 0.2) is 0 Å². The highest BCUT2D eigenvalue weighted by Crippen LogP contribution is 2.34. The zero-order valence-corrected chi connectivity index (χ0v) is 17.8. The first-order chi connectivity index (χ1) is 15.2. The summed E-state index contributed by atoms with van der Waals surface area (Å²) in [6, 6.07) is 16.1. The minimum absolute atomic E-state index is 0.168. The molecule has 0 spiro atoms. The molecule has 1 N–H and O–H groups in total. The molecule has 1 aromatic heterocycles. The Morgan fingerprint density at radius 3 is 2.34 bits per heavy atom. The standard InChI is InChI=1S/C24H18F3NO3S/c1-14-21(32-23(28-14)15-6-8-19(9-7-15)24(25,26)27)13-31-20-11-17-5-3-2-4-16(17)10-18(20)12-22(29)30/h2-11H,12-13H2,1H3,(H,29,30). The summed E-state index contributed by atoms with van der Waals surface area (Å²) in [5.74, 6) is -0.473. The minimum atomic E-state index is -4.39. The Hall–Kier alpha value is -3.39. The Morgan fingerprint density at radius 2 is 1.72 bits per heavy atom. The number of hydrogen-bond acceptors (Lipinski definition) is 4. The summed E-state index contributed by atoms with van der Waals surface area (Å²) in [6.07, 6.45) is -4.55. The number of carbonyl (C=O) groups is 1. The molecule has 32 heavy (non-hydrogen) atoms. The van der Waals surface area contributed by atoms with Crippen LogP contribution in [0.4, 0.5) is 13.2 Å². The van der Waals surface area contributed by atoms with Crippen molar-refractivity contribution in [2.24, 2.45) is 0 Å². The van der Waals surface area contributed by atoms with E-state index in [0.29, 0.717) is 27.6 Å². The monoisotopic (exact) mass is 457 g/mol. The zero-order chi connectivity index (χ0) is 22.9. The summed E-state index contributed by atoms with van der Waals surface area (Å²) in [7, 11) is 0. The Morgan fingerprint density at radius 1 is 1.06 bits per heavy atom. The summed E-state index contributed by atoms with van der Waals surface area (Å²) in [6.45, 7) is 1.98. The van der Waals surface area contributed by atoms with Crippen molar-refractivity contribution in [2.75, 3.05) is 0 Å². The molecule has 3 aromatic carbocycles. The lowest BCUT2D eigenvalue weighted by atomic mass is 10.0. The first-order valence-electron chi connectivity index (χ1n) is 9.71. The summed E-state index contributed by atoms with van der Waals surface area (Å²) in [4.78, 5) is 16.6. The van der Waals surface area contributed by atoms with Crippen molar-refractivity contribution in [2.45, 2.75) is 26.1 Å². The van der Waals surface area contributed by atoms with Crippen LogP contribution in [0.25, 0.3) is 21.3 Å². The number of hydrogen-bond donors (Lipinski definition) is 1. The molecule has 0 saturated heterocycles. The van der Waals surface area contributed by atoms with Crippen LogP contribution in [0, 0.1) is 6.92 Å². The van der Waals surface area contributed by atoms with E-state index in [2.05, 4.69) is 4.98 Å². The number of carboxylic acids is 1. The molecule has 4 nitrogen and oxygen atoms in total. The highest BCUT2D eigenvalue weighted by molar-refractivity contribution is 7.15. The predicted molar refractivity (Wildman–Crippen MR) is 117 cm³/mol. The Labute approximate surface area is 185 Å². The Balaban J connectivity index is 1.57. The minimum Gasteiger partial charge on any atom is -0.488 e. The molecule has 0 amide bonds.